The Morgan fingerprint density at radius 1 is 1.41 bits per heavy atom. The van der Waals surface area contributed by atoms with Gasteiger partial charge in [-0.15, -0.1) is 0 Å². The van der Waals surface area contributed by atoms with Gasteiger partial charge in [0.15, 0.2) is 0 Å². The SMILES string of the molecule is C=CC(=C)C(C(=O)N(C)C/C=C\C)N(C)C=O. The number of carbonyl (C=O) groups excluding carboxylic acids is 2. The van der Waals surface area contributed by atoms with Crippen molar-refractivity contribution < 1.29 is 9.59 Å². The second-order valence-corrected chi connectivity index (χ2v) is 3.74. The smallest absolute Gasteiger partial charge is 0.249 e. The first kappa shape index (κ1) is 15.2. The van der Waals surface area contributed by atoms with E-state index in [4.69, 9.17) is 0 Å². The molecule has 0 aromatic rings. The normalized spacial score (nSPS) is 11.9. The summed E-state index contributed by atoms with van der Waals surface area (Å²) in [5.74, 6) is -0.178. The van der Waals surface area contributed by atoms with Crippen molar-refractivity contribution in [2.75, 3.05) is 20.6 Å². The van der Waals surface area contributed by atoms with Gasteiger partial charge in [-0.2, -0.15) is 0 Å². The number of likely N-dealkylation sites (N-methyl/N-ethyl adjacent to an activating group) is 2. The van der Waals surface area contributed by atoms with Gasteiger partial charge in [-0.25, -0.2) is 0 Å². The van der Waals surface area contributed by atoms with Crippen LogP contribution in [0.25, 0.3) is 0 Å². The predicted octanol–water partition coefficient (Wildman–Crippen LogP) is 1.22. The summed E-state index contributed by atoms with van der Waals surface area (Å²) in [5, 5.41) is 0. The first-order valence-corrected chi connectivity index (χ1v) is 5.34. The molecular formula is C13H20N2O2. The summed E-state index contributed by atoms with van der Waals surface area (Å²) in [5.41, 5.74) is 0.511. The predicted molar refractivity (Wildman–Crippen MR) is 69.4 cm³/mol. The van der Waals surface area contributed by atoms with Crippen LogP contribution in [-0.2, 0) is 9.59 Å². The molecule has 0 N–H and O–H groups in total. The fourth-order valence-corrected chi connectivity index (χ4v) is 1.33. The van der Waals surface area contributed by atoms with Crippen LogP contribution < -0.4 is 0 Å². The molecule has 0 heterocycles. The molecule has 0 aromatic carbocycles. The van der Waals surface area contributed by atoms with E-state index in [1.165, 1.54) is 11.0 Å². The average Bonchev–Trinajstić information content (AvgIpc) is 2.35. The fraction of sp³-hybridized carbons (Fsp3) is 0.385. The Kier molecular flexibility index (Phi) is 6.63. The van der Waals surface area contributed by atoms with E-state index in [1.54, 1.807) is 19.0 Å². The molecule has 4 heteroatoms. The van der Waals surface area contributed by atoms with Crippen LogP contribution in [-0.4, -0.2) is 48.8 Å². The van der Waals surface area contributed by atoms with Gasteiger partial charge in [-0.1, -0.05) is 31.4 Å². The van der Waals surface area contributed by atoms with Crippen LogP contribution in [0.3, 0.4) is 0 Å². The first-order valence-electron chi connectivity index (χ1n) is 5.34. The highest BCUT2D eigenvalue weighted by Gasteiger charge is 2.26. The summed E-state index contributed by atoms with van der Waals surface area (Å²) in [4.78, 5) is 25.7. The minimum absolute atomic E-state index is 0.178. The largest absolute Gasteiger partial charge is 0.340 e. The molecule has 0 saturated carbocycles. The van der Waals surface area contributed by atoms with Gasteiger partial charge in [0.05, 0.1) is 0 Å². The third-order valence-electron chi connectivity index (χ3n) is 2.41. The summed E-state index contributed by atoms with van der Waals surface area (Å²) in [7, 11) is 3.23. The molecule has 0 fully saturated rings. The zero-order valence-electron chi connectivity index (χ0n) is 10.7. The van der Waals surface area contributed by atoms with E-state index >= 15 is 0 Å². The zero-order chi connectivity index (χ0) is 13.4. The van der Waals surface area contributed by atoms with Gasteiger partial charge in [0.2, 0.25) is 12.3 Å². The van der Waals surface area contributed by atoms with Crippen molar-refractivity contribution in [3.63, 3.8) is 0 Å². The first-order chi connectivity index (χ1) is 7.99. The van der Waals surface area contributed by atoms with Crippen molar-refractivity contribution in [3.8, 4) is 0 Å². The number of carbonyl (C=O) groups is 2. The minimum Gasteiger partial charge on any atom is -0.340 e. The lowest BCUT2D eigenvalue weighted by Crippen LogP contribution is -2.46. The molecule has 0 saturated heterocycles. The minimum atomic E-state index is -0.680. The third kappa shape index (κ3) is 4.26. The second-order valence-electron chi connectivity index (χ2n) is 3.74. The van der Waals surface area contributed by atoms with E-state index in [9.17, 15) is 9.59 Å². The summed E-state index contributed by atoms with van der Waals surface area (Å²) in [6.07, 6.45) is 5.84. The topological polar surface area (TPSA) is 40.6 Å². The van der Waals surface area contributed by atoms with Crippen LogP contribution in [0, 0.1) is 0 Å². The zero-order valence-corrected chi connectivity index (χ0v) is 10.7. The highest BCUT2D eigenvalue weighted by atomic mass is 16.2. The van der Waals surface area contributed by atoms with Crippen molar-refractivity contribution >= 4 is 12.3 Å². The maximum Gasteiger partial charge on any atom is 0.249 e. The maximum atomic E-state index is 12.1. The van der Waals surface area contributed by atoms with Gasteiger partial charge >= 0.3 is 0 Å². The number of nitrogens with zero attached hydrogens (tertiary/aromatic N) is 2. The highest BCUT2D eigenvalue weighted by molar-refractivity contribution is 5.87. The molecule has 2 amide bonds. The molecule has 1 unspecified atom stereocenters. The quantitative estimate of drug-likeness (QED) is 0.379. The van der Waals surface area contributed by atoms with E-state index in [-0.39, 0.29) is 5.91 Å². The Hall–Kier alpha value is -1.84. The molecule has 0 aliphatic heterocycles. The number of hydrogen-bond donors (Lipinski definition) is 0. The highest BCUT2D eigenvalue weighted by Crippen LogP contribution is 2.10. The lowest BCUT2D eigenvalue weighted by atomic mass is 10.1. The van der Waals surface area contributed by atoms with E-state index in [0.717, 1.165) is 0 Å². The summed E-state index contributed by atoms with van der Waals surface area (Å²) >= 11 is 0. The summed E-state index contributed by atoms with van der Waals surface area (Å²) < 4.78 is 0. The lowest BCUT2D eigenvalue weighted by Gasteiger charge is -2.28. The monoisotopic (exact) mass is 236 g/mol. The molecule has 0 aliphatic carbocycles. The maximum absolute atomic E-state index is 12.1. The van der Waals surface area contributed by atoms with Crippen molar-refractivity contribution in [3.05, 3.63) is 37.0 Å². The molecule has 0 bridgehead atoms. The van der Waals surface area contributed by atoms with Crippen LogP contribution in [0.4, 0.5) is 0 Å². The number of amides is 2. The Balaban J connectivity index is 4.92. The van der Waals surface area contributed by atoms with Gasteiger partial charge in [0, 0.05) is 20.6 Å². The van der Waals surface area contributed by atoms with Crippen LogP contribution >= 0.6 is 0 Å². The second kappa shape index (κ2) is 7.44. The molecule has 1 atom stereocenters. The number of allylic oxidation sites excluding steroid dienone is 1. The Morgan fingerprint density at radius 3 is 2.41 bits per heavy atom. The van der Waals surface area contributed by atoms with E-state index in [1.807, 2.05) is 19.1 Å². The van der Waals surface area contributed by atoms with Crippen molar-refractivity contribution in [2.24, 2.45) is 0 Å². The molecule has 0 radical (unpaired) electrons. The Bertz CT molecular complexity index is 334. The molecule has 0 spiro atoms. The van der Waals surface area contributed by atoms with Gasteiger partial charge < -0.3 is 9.80 Å². The fourth-order valence-electron chi connectivity index (χ4n) is 1.33. The molecule has 0 aliphatic rings. The molecule has 4 nitrogen and oxygen atoms in total. The summed E-state index contributed by atoms with van der Waals surface area (Å²) in [6.45, 7) is 9.71. The number of hydrogen-bond acceptors (Lipinski definition) is 2. The van der Waals surface area contributed by atoms with Gasteiger partial charge in [-0.3, -0.25) is 9.59 Å². The van der Waals surface area contributed by atoms with E-state index < -0.39 is 6.04 Å². The molecule has 0 rings (SSSR count). The van der Waals surface area contributed by atoms with E-state index in [2.05, 4.69) is 13.2 Å². The van der Waals surface area contributed by atoms with Crippen LogP contribution in [0.2, 0.25) is 0 Å². The van der Waals surface area contributed by atoms with Crippen molar-refractivity contribution in [1.82, 2.24) is 9.80 Å². The van der Waals surface area contributed by atoms with Gasteiger partial charge in [0.25, 0.3) is 0 Å². The molecule has 94 valence electrons. The number of rotatable bonds is 7. The van der Waals surface area contributed by atoms with Crippen molar-refractivity contribution in [2.45, 2.75) is 13.0 Å². The average molecular weight is 236 g/mol. The van der Waals surface area contributed by atoms with Gasteiger partial charge in [0.1, 0.15) is 6.04 Å². The summed E-state index contributed by atoms with van der Waals surface area (Å²) in [6, 6.07) is -0.680. The molecular weight excluding hydrogens is 216 g/mol. The van der Waals surface area contributed by atoms with E-state index in [0.29, 0.717) is 18.5 Å². The molecule has 17 heavy (non-hydrogen) atoms. The van der Waals surface area contributed by atoms with Crippen LogP contribution in [0.5, 0.6) is 0 Å². The van der Waals surface area contributed by atoms with Crippen LogP contribution in [0.15, 0.2) is 37.0 Å². The van der Waals surface area contributed by atoms with Gasteiger partial charge in [-0.05, 0) is 12.5 Å². The Morgan fingerprint density at radius 2 is 2.00 bits per heavy atom. The Labute approximate surface area is 103 Å². The third-order valence-corrected chi connectivity index (χ3v) is 2.41. The van der Waals surface area contributed by atoms with Crippen molar-refractivity contribution in [1.29, 1.82) is 0 Å². The van der Waals surface area contributed by atoms with Crippen LogP contribution in [0.1, 0.15) is 6.92 Å². The lowest BCUT2D eigenvalue weighted by molar-refractivity contribution is -0.136. The molecule has 0 aromatic heterocycles. The standard InChI is InChI=1S/C13H20N2O2/c1-6-8-9-14(4)13(17)12(11(3)7-2)15(5)10-16/h6-8,10,12H,2-3,9H2,1,4-5H3/b8-6-.